The number of carbonyl (C=O) groups is 2. The van der Waals surface area contributed by atoms with Gasteiger partial charge < -0.3 is 20.9 Å². The van der Waals surface area contributed by atoms with Gasteiger partial charge in [-0.3, -0.25) is 4.79 Å². The zero-order valence-electron chi connectivity index (χ0n) is 13.7. The van der Waals surface area contributed by atoms with Crippen molar-refractivity contribution in [1.29, 1.82) is 0 Å². The van der Waals surface area contributed by atoms with Gasteiger partial charge in [-0.15, -0.1) is 0 Å². The van der Waals surface area contributed by atoms with Crippen LogP contribution in [0.3, 0.4) is 0 Å². The molecule has 1 fully saturated rings. The fraction of sp³-hybridized carbons (Fsp3) is 0.529. The molecule has 4 N–H and O–H groups in total. The third-order valence-corrected chi connectivity index (χ3v) is 4.08. The molecule has 6 nitrogen and oxygen atoms in total. The van der Waals surface area contributed by atoms with Gasteiger partial charge in [0.05, 0.1) is 6.04 Å². The molecular formula is C17H24N2O4. The van der Waals surface area contributed by atoms with E-state index in [2.05, 4.69) is 5.32 Å². The molecule has 1 amide bonds. The van der Waals surface area contributed by atoms with Crippen LogP contribution in [0.15, 0.2) is 30.3 Å². The lowest BCUT2D eigenvalue weighted by Gasteiger charge is -2.32. The summed E-state index contributed by atoms with van der Waals surface area (Å²) in [5, 5.41) is 12.1. The molecule has 126 valence electrons. The largest absolute Gasteiger partial charge is 0.480 e. The van der Waals surface area contributed by atoms with Gasteiger partial charge in [0, 0.05) is 5.41 Å². The second-order valence-electron chi connectivity index (χ2n) is 7.04. The van der Waals surface area contributed by atoms with Gasteiger partial charge in [0.15, 0.2) is 0 Å². The minimum Gasteiger partial charge on any atom is -0.480 e. The zero-order valence-corrected chi connectivity index (χ0v) is 13.7. The standard InChI is InChI=1S/C17H24N2O4/c1-16(2,3)23-15(22)19-13(11-7-5-4-6-8-11)17(9-10-17)12(18)14(20)21/h4-8,12-13H,9-10,18H2,1-3H3,(H,19,22)(H,20,21). The van der Waals surface area contributed by atoms with Gasteiger partial charge in [0.1, 0.15) is 11.6 Å². The monoisotopic (exact) mass is 320 g/mol. The van der Waals surface area contributed by atoms with E-state index in [1.165, 1.54) is 0 Å². The summed E-state index contributed by atoms with van der Waals surface area (Å²) in [4.78, 5) is 23.6. The van der Waals surface area contributed by atoms with Gasteiger partial charge in [-0.25, -0.2) is 4.79 Å². The maximum absolute atomic E-state index is 12.2. The normalized spacial score (nSPS) is 18.6. The predicted molar refractivity (Wildman–Crippen MR) is 85.8 cm³/mol. The van der Waals surface area contributed by atoms with Crippen LogP contribution in [-0.4, -0.2) is 28.8 Å². The topological polar surface area (TPSA) is 102 Å². The van der Waals surface area contributed by atoms with Crippen LogP contribution in [-0.2, 0) is 9.53 Å². The van der Waals surface area contributed by atoms with Gasteiger partial charge >= 0.3 is 12.1 Å². The van der Waals surface area contributed by atoms with E-state index in [1.54, 1.807) is 20.8 Å². The minimum atomic E-state index is -1.06. The van der Waals surface area contributed by atoms with Crippen LogP contribution in [0.4, 0.5) is 4.79 Å². The molecule has 0 aromatic heterocycles. The van der Waals surface area contributed by atoms with Gasteiger partial charge in [0.2, 0.25) is 0 Å². The molecule has 1 aromatic carbocycles. The maximum atomic E-state index is 12.2. The molecule has 1 saturated carbocycles. The van der Waals surface area contributed by atoms with Crippen molar-refractivity contribution in [2.24, 2.45) is 11.1 Å². The first-order valence-electron chi connectivity index (χ1n) is 7.68. The quantitative estimate of drug-likeness (QED) is 0.773. The van der Waals surface area contributed by atoms with Crippen molar-refractivity contribution in [3.8, 4) is 0 Å². The molecule has 1 aromatic rings. The van der Waals surface area contributed by atoms with Crippen LogP contribution in [0.25, 0.3) is 0 Å². The smallest absolute Gasteiger partial charge is 0.408 e. The number of amides is 1. The molecule has 2 rings (SSSR count). The number of hydrogen-bond acceptors (Lipinski definition) is 4. The van der Waals surface area contributed by atoms with Crippen molar-refractivity contribution in [2.75, 3.05) is 0 Å². The summed E-state index contributed by atoms with van der Waals surface area (Å²) < 4.78 is 5.31. The highest BCUT2D eigenvalue weighted by Gasteiger charge is 2.57. The highest BCUT2D eigenvalue weighted by atomic mass is 16.6. The second-order valence-corrected chi connectivity index (χ2v) is 7.04. The summed E-state index contributed by atoms with van der Waals surface area (Å²) in [7, 11) is 0. The maximum Gasteiger partial charge on any atom is 0.408 e. The molecule has 23 heavy (non-hydrogen) atoms. The number of alkyl carbamates (subject to hydrolysis) is 1. The van der Waals surface area contributed by atoms with E-state index in [0.29, 0.717) is 12.8 Å². The number of carboxylic acid groups (broad SMARTS) is 1. The SMILES string of the molecule is CC(C)(C)OC(=O)NC(c1ccccc1)C1(C(N)C(=O)O)CC1. The van der Waals surface area contributed by atoms with E-state index in [4.69, 9.17) is 10.5 Å². The predicted octanol–water partition coefficient (Wildman–Crippen LogP) is 2.44. The van der Waals surface area contributed by atoms with Crippen molar-refractivity contribution in [3.05, 3.63) is 35.9 Å². The first kappa shape index (κ1) is 17.3. The molecule has 0 aliphatic heterocycles. The van der Waals surface area contributed by atoms with E-state index in [0.717, 1.165) is 5.56 Å². The number of nitrogens with two attached hydrogens (primary N) is 1. The van der Waals surface area contributed by atoms with Gasteiger partial charge in [-0.2, -0.15) is 0 Å². The molecule has 0 bridgehead atoms. The molecule has 6 heteroatoms. The van der Waals surface area contributed by atoms with Crippen LogP contribution < -0.4 is 11.1 Å². The number of hydrogen-bond donors (Lipinski definition) is 3. The van der Waals surface area contributed by atoms with E-state index < -0.39 is 35.2 Å². The molecule has 2 unspecified atom stereocenters. The molecule has 1 aliphatic carbocycles. The number of carbonyl (C=O) groups excluding carboxylic acids is 1. The lowest BCUT2D eigenvalue weighted by atomic mass is 9.84. The molecule has 1 aliphatic rings. The Morgan fingerprint density at radius 2 is 1.83 bits per heavy atom. The lowest BCUT2D eigenvalue weighted by molar-refractivity contribution is -0.140. The Hall–Kier alpha value is -2.08. The van der Waals surface area contributed by atoms with E-state index in [9.17, 15) is 14.7 Å². The molecular weight excluding hydrogens is 296 g/mol. The number of nitrogens with one attached hydrogen (secondary N) is 1. The number of carboxylic acids is 1. The summed E-state index contributed by atoms with van der Waals surface area (Å²) in [5.41, 5.74) is 5.43. The first-order valence-corrected chi connectivity index (χ1v) is 7.68. The van der Waals surface area contributed by atoms with Crippen molar-refractivity contribution < 1.29 is 19.4 Å². The summed E-state index contributed by atoms with van der Waals surface area (Å²) in [6, 6.07) is 7.74. The third-order valence-electron chi connectivity index (χ3n) is 4.08. The summed E-state index contributed by atoms with van der Waals surface area (Å²) >= 11 is 0. The summed E-state index contributed by atoms with van der Waals surface area (Å²) in [6.07, 6.45) is 0.723. The van der Waals surface area contributed by atoms with Crippen LogP contribution in [0, 0.1) is 5.41 Å². The minimum absolute atomic E-state index is 0.496. The lowest BCUT2D eigenvalue weighted by Crippen LogP contribution is -2.48. The average Bonchev–Trinajstić information content (AvgIpc) is 3.24. The van der Waals surface area contributed by atoms with Crippen LogP contribution in [0.5, 0.6) is 0 Å². The number of benzene rings is 1. The highest BCUT2D eigenvalue weighted by molar-refractivity contribution is 5.76. The highest BCUT2D eigenvalue weighted by Crippen LogP contribution is 2.57. The Balaban J connectivity index is 2.27. The van der Waals surface area contributed by atoms with Gasteiger partial charge in [-0.05, 0) is 39.2 Å². The molecule has 2 atom stereocenters. The van der Waals surface area contributed by atoms with E-state index in [1.807, 2.05) is 30.3 Å². The second kappa shape index (κ2) is 6.20. The van der Waals surface area contributed by atoms with Crippen LogP contribution >= 0.6 is 0 Å². The van der Waals surface area contributed by atoms with Crippen molar-refractivity contribution in [1.82, 2.24) is 5.32 Å². The Bertz CT molecular complexity index is 576. The number of aliphatic carboxylic acids is 1. The zero-order chi connectivity index (χ0) is 17.3. The Kier molecular flexibility index (Phi) is 4.66. The summed E-state index contributed by atoms with van der Waals surface area (Å²) in [6.45, 7) is 5.33. The van der Waals surface area contributed by atoms with Gasteiger partial charge in [-0.1, -0.05) is 30.3 Å². The van der Waals surface area contributed by atoms with E-state index in [-0.39, 0.29) is 0 Å². The summed E-state index contributed by atoms with van der Waals surface area (Å²) in [5.74, 6) is -1.06. The van der Waals surface area contributed by atoms with Crippen LogP contribution in [0.1, 0.15) is 45.2 Å². The first-order chi connectivity index (χ1) is 10.7. The average molecular weight is 320 g/mol. The van der Waals surface area contributed by atoms with Gasteiger partial charge in [0.25, 0.3) is 0 Å². The third kappa shape index (κ3) is 4.01. The fourth-order valence-corrected chi connectivity index (χ4v) is 2.80. The Labute approximate surface area is 136 Å². The van der Waals surface area contributed by atoms with Crippen molar-refractivity contribution >= 4 is 12.1 Å². The Morgan fingerprint density at radius 3 is 2.26 bits per heavy atom. The number of ether oxygens (including phenoxy) is 1. The van der Waals surface area contributed by atoms with Crippen molar-refractivity contribution in [2.45, 2.75) is 51.3 Å². The van der Waals surface area contributed by atoms with E-state index >= 15 is 0 Å². The molecule has 0 saturated heterocycles. The number of rotatable bonds is 5. The molecule has 0 spiro atoms. The molecule has 0 radical (unpaired) electrons. The molecule has 0 heterocycles. The van der Waals surface area contributed by atoms with Crippen LogP contribution in [0.2, 0.25) is 0 Å². The fourth-order valence-electron chi connectivity index (χ4n) is 2.80. The van der Waals surface area contributed by atoms with Crippen molar-refractivity contribution in [3.63, 3.8) is 0 Å². The Morgan fingerprint density at radius 1 is 1.26 bits per heavy atom.